The Balaban J connectivity index is 2.04. The zero-order valence-corrected chi connectivity index (χ0v) is 15.5. The Morgan fingerprint density at radius 3 is 2.57 bits per heavy atom. The third-order valence-electron chi connectivity index (χ3n) is 3.29. The van der Waals surface area contributed by atoms with E-state index in [1.807, 2.05) is 0 Å². The highest BCUT2D eigenvalue weighted by atomic mass is 79.9. The summed E-state index contributed by atoms with van der Waals surface area (Å²) in [5.41, 5.74) is 4.01. The van der Waals surface area contributed by atoms with Crippen LogP contribution in [0.4, 0.5) is 5.69 Å². The molecule has 2 nitrogen and oxygen atoms in total. The Morgan fingerprint density at radius 2 is 2.00 bits per heavy atom. The molecule has 0 atom stereocenters. The van der Waals surface area contributed by atoms with Crippen molar-refractivity contribution in [3.63, 3.8) is 0 Å². The van der Waals surface area contributed by atoms with Crippen LogP contribution in [0.2, 0.25) is 0 Å². The third kappa shape index (κ3) is 5.13. The maximum Gasteiger partial charge on any atom is 0.0434 e. The average Bonchev–Trinajstić information content (AvgIpc) is 2.89. The lowest BCUT2D eigenvalue weighted by Crippen LogP contribution is -2.35. The van der Waals surface area contributed by atoms with Crippen LogP contribution in [-0.4, -0.2) is 12.6 Å². The predicted molar refractivity (Wildman–Crippen MR) is 97.2 cm³/mol. The van der Waals surface area contributed by atoms with Gasteiger partial charge in [-0.3, -0.25) is 0 Å². The lowest BCUT2D eigenvalue weighted by molar-refractivity contribution is 0.424. The fourth-order valence-corrected chi connectivity index (χ4v) is 3.19. The van der Waals surface area contributed by atoms with Gasteiger partial charge < -0.3 is 10.2 Å². The zero-order valence-electron chi connectivity index (χ0n) is 13.1. The summed E-state index contributed by atoms with van der Waals surface area (Å²) in [6.45, 7) is 8.37. The van der Waals surface area contributed by atoms with E-state index in [1.54, 1.807) is 11.3 Å². The molecular formula is C17H23BrN2S. The van der Waals surface area contributed by atoms with Crippen molar-refractivity contribution < 1.29 is 0 Å². The maximum atomic E-state index is 3.70. The average molecular weight is 367 g/mol. The van der Waals surface area contributed by atoms with E-state index in [4.69, 9.17) is 0 Å². The van der Waals surface area contributed by atoms with Gasteiger partial charge in [0.15, 0.2) is 0 Å². The first-order valence-electron chi connectivity index (χ1n) is 7.11. The summed E-state index contributed by atoms with van der Waals surface area (Å²) < 4.78 is 1.16. The van der Waals surface area contributed by atoms with Crippen molar-refractivity contribution in [3.05, 3.63) is 50.6 Å². The Morgan fingerprint density at radius 1 is 1.24 bits per heavy atom. The van der Waals surface area contributed by atoms with E-state index in [0.717, 1.165) is 17.6 Å². The van der Waals surface area contributed by atoms with Crippen molar-refractivity contribution in [3.8, 4) is 0 Å². The fourth-order valence-electron chi connectivity index (χ4n) is 2.03. The van der Waals surface area contributed by atoms with E-state index >= 15 is 0 Å². The number of nitrogens with zero attached hydrogens (tertiary/aromatic N) is 1. The number of nitrogens with one attached hydrogen (secondary N) is 1. The van der Waals surface area contributed by atoms with Gasteiger partial charge in [0.1, 0.15) is 0 Å². The number of halogens is 1. The molecule has 0 spiro atoms. The van der Waals surface area contributed by atoms with Crippen molar-refractivity contribution in [2.24, 2.45) is 0 Å². The smallest absolute Gasteiger partial charge is 0.0434 e. The molecule has 1 N–H and O–H groups in total. The van der Waals surface area contributed by atoms with Gasteiger partial charge in [-0.1, -0.05) is 22.0 Å². The lowest BCUT2D eigenvalue weighted by atomic mass is 10.1. The van der Waals surface area contributed by atoms with Crippen LogP contribution in [0.25, 0.3) is 0 Å². The van der Waals surface area contributed by atoms with Crippen molar-refractivity contribution in [2.75, 3.05) is 11.9 Å². The standard InChI is InChI=1S/C17H23BrN2S/c1-17(2,3)19-10-14-5-6-15(9-16(14)18)20(4)11-13-7-8-21-12-13/h5-9,12,19H,10-11H2,1-4H3. The molecule has 0 aliphatic heterocycles. The molecule has 21 heavy (non-hydrogen) atoms. The van der Waals surface area contributed by atoms with Gasteiger partial charge in [-0.25, -0.2) is 0 Å². The van der Waals surface area contributed by atoms with E-state index in [9.17, 15) is 0 Å². The first-order valence-corrected chi connectivity index (χ1v) is 8.84. The summed E-state index contributed by atoms with van der Waals surface area (Å²) in [5, 5.41) is 7.85. The van der Waals surface area contributed by atoms with Gasteiger partial charge in [-0.2, -0.15) is 11.3 Å². The summed E-state index contributed by atoms with van der Waals surface area (Å²) in [6, 6.07) is 8.77. The Kier molecular flexibility index (Phi) is 5.47. The molecule has 0 saturated carbocycles. The molecule has 0 amide bonds. The van der Waals surface area contributed by atoms with Crippen molar-refractivity contribution in [1.29, 1.82) is 0 Å². The molecule has 0 unspecified atom stereocenters. The number of benzene rings is 1. The second-order valence-electron chi connectivity index (χ2n) is 6.37. The molecule has 0 saturated heterocycles. The molecular weight excluding hydrogens is 344 g/mol. The van der Waals surface area contributed by atoms with Gasteiger partial charge in [0, 0.05) is 35.8 Å². The quantitative estimate of drug-likeness (QED) is 0.797. The topological polar surface area (TPSA) is 15.3 Å². The van der Waals surface area contributed by atoms with E-state index in [0.29, 0.717) is 0 Å². The first-order chi connectivity index (χ1) is 9.85. The second-order valence-corrected chi connectivity index (χ2v) is 8.00. The van der Waals surface area contributed by atoms with Crippen LogP contribution >= 0.6 is 27.3 Å². The minimum atomic E-state index is 0.133. The molecule has 0 bridgehead atoms. The molecule has 4 heteroatoms. The van der Waals surface area contributed by atoms with E-state index in [2.05, 4.69) is 89.0 Å². The predicted octanol–water partition coefficient (Wildman–Crippen LogP) is 5.04. The number of thiophene rings is 1. The number of anilines is 1. The minimum Gasteiger partial charge on any atom is -0.370 e. The lowest BCUT2D eigenvalue weighted by Gasteiger charge is -2.23. The Labute approximate surface area is 140 Å². The molecule has 1 heterocycles. The molecule has 0 aliphatic rings. The summed E-state index contributed by atoms with van der Waals surface area (Å²) in [7, 11) is 2.13. The van der Waals surface area contributed by atoms with Gasteiger partial charge in [0.25, 0.3) is 0 Å². The molecule has 0 aliphatic carbocycles. The monoisotopic (exact) mass is 366 g/mol. The fraction of sp³-hybridized carbons (Fsp3) is 0.412. The Bertz CT molecular complexity index is 573. The number of rotatable bonds is 5. The Hall–Kier alpha value is -0.840. The number of hydrogen-bond donors (Lipinski definition) is 1. The van der Waals surface area contributed by atoms with Gasteiger partial charge >= 0.3 is 0 Å². The molecule has 114 valence electrons. The van der Waals surface area contributed by atoms with Crippen LogP contribution in [0, 0.1) is 0 Å². The summed E-state index contributed by atoms with van der Waals surface area (Å²) in [6.07, 6.45) is 0. The van der Waals surface area contributed by atoms with Crippen LogP contribution in [0.5, 0.6) is 0 Å². The van der Waals surface area contributed by atoms with E-state index in [1.165, 1.54) is 16.8 Å². The molecule has 2 aromatic rings. The summed E-state index contributed by atoms with van der Waals surface area (Å²) in [5.74, 6) is 0. The minimum absolute atomic E-state index is 0.133. The zero-order chi connectivity index (χ0) is 15.5. The number of hydrogen-bond acceptors (Lipinski definition) is 3. The highest BCUT2D eigenvalue weighted by molar-refractivity contribution is 9.10. The molecule has 1 aromatic heterocycles. The van der Waals surface area contributed by atoms with Crippen LogP contribution in [0.1, 0.15) is 31.9 Å². The molecule has 2 rings (SSSR count). The highest BCUT2D eigenvalue weighted by Gasteiger charge is 2.11. The SMILES string of the molecule is CN(Cc1ccsc1)c1ccc(CNC(C)(C)C)c(Br)c1. The van der Waals surface area contributed by atoms with E-state index in [-0.39, 0.29) is 5.54 Å². The van der Waals surface area contributed by atoms with Crippen LogP contribution in [0.3, 0.4) is 0 Å². The maximum absolute atomic E-state index is 3.70. The normalized spacial score (nSPS) is 11.7. The molecule has 1 aromatic carbocycles. The van der Waals surface area contributed by atoms with Gasteiger partial charge in [0.05, 0.1) is 0 Å². The van der Waals surface area contributed by atoms with Crippen molar-refractivity contribution in [1.82, 2.24) is 5.32 Å². The first kappa shape index (κ1) is 16.5. The van der Waals surface area contributed by atoms with Crippen molar-refractivity contribution >= 4 is 33.0 Å². The van der Waals surface area contributed by atoms with Gasteiger partial charge in [0.2, 0.25) is 0 Å². The molecule has 0 radical (unpaired) electrons. The molecule has 0 fully saturated rings. The van der Waals surface area contributed by atoms with Crippen LogP contribution in [-0.2, 0) is 13.1 Å². The highest BCUT2D eigenvalue weighted by Crippen LogP contribution is 2.25. The van der Waals surface area contributed by atoms with Crippen LogP contribution in [0.15, 0.2) is 39.5 Å². The third-order valence-corrected chi connectivity index (χ3v) is 4.76. The van der Waals surface area contributed by atoms with Crippen molar-refractivity contribution in [2.45, 2.75) is 39.4 Å². The largest absolute Gasteiger partial charge is 0.370 e. The summed E-state index contributed by atoms with van der Waals surface area (Å²) in [4.78, 5) is 2.27. The second kappa shape index (κ2) is 6.95. The summed E-state index contributed by atoms with van der Waals surface area (Å²) >= 11 is 5.44. The van der Waals surface area contributed by atoms with Gasteiger partial charge in [-0.15, -0.1) is 0 Å². The van der Waals surface area contributed by atoms with E-state index < -0.39 is 0 Å². The van der Waals surface area contributed by atoms with Crippen LogP contribution < -0.4 is 10.2 Å². The van der Waals surface area contributed by atoms with Gasteiger partial charge in [-0.05, 0) is 60.9 Å².